The quantitative estimate of drug-likeness (QED) is 0.648. The molecule has 0 aliphatic carbocycles. The second kappa shape index (κ2) is 7.38. The molecule has 0 atom stereocenters. The van der Waals surface area contributed by atoms with Crippen molar-refractivity contribution >= 4 is 29.1 Å². The molecule has 0 aliphatic heterocycles. The number of amides is 1. The molecule has 18 heavy (non-hydrogen) atoms. The molecule has 0 saturated carbocycles. The van der Waals surface area contributed by atoms with Crippen LogP contribution in [0.25, 0.3) is 0 Å². The van der Waals surface area contributed by atoms with Gasteiger partial charge in [0.1, 0.15) is 5.02 Å². The van der Waals surface area contributed by atoms with Crippen LogP contribution in [-0.2, 0) is 4.79 Å². The zero-order valence-electron chi connectivity index (χ0n) is 9.80. The van der Waals surface area contributed by atoms with E-state index in [2.05, 4.69) is 10.3 Å². The van der Waals surface area contributed by atoms with E-state index in [4.69, 9.17) is 27.9 Å². The van der Waals surface area contributed by atoms with E-state index in [9.17, 15) is 9.18 Å². The molecule has 1 aromatic heterocycles. The van der Waals surface area contributed by atoms with Gasteiger partial charge < -0.3 is 10.1 Å². The number of aromatic nitrogens is 1. The monoisotopic (exact) mass is 294 g/mol. The minimum absolute atomic E-state index is 0.0581. The number of nitrogens with zero attached hydrogens (tertiary/aromatic N) is 1. The normalized spacial score (nSPS) is 10.2. The van der Waals surface area contributed by atoms with Crippen LogP contribution in [0.15, 0.2) is 6.07 Å². The van der Waals surface area contributed by atoms with E-state index in [-0.39, 0.29) is 28.4 Å². The lowest BCUT2D eigenvalue weighted by Gasteiger charge is -2.08. The molecule has 0 bridgehead atoms. The Morgan fingerprint density at radius 3 is 2.89 bits per heavy atom. The molecule has 0 unspecified atom stereocenters. The lowest BCUT2D eigenvalue weighted by Crippen LogP contribution is -2.29. The van der Waals surface area contributed by atoms with Crippen molar-refractivity contribution in [2.24, 2.45) is 0 Å². The zero-order chi connectivity index (χ0) is 13.5. The standard InChI is InChI=1S/C11H13Cl2FN2O2/c1-2-3-4-15-9(17)6-18-11-8(13)5-7(12)10(14)16-11/h5H,2-4,6H2,1H3,(H,15,17). The highest BCUT2D eigenvalue weighted by atomic mass is 35.5. The molecule has 1 rings (SSSR count). The van der Waals surface area contributed by atoms with E-state index < -0.39 is 5.95 Å². The first-order valence-corrected chi connectivity index (χ1v) is 6.21. The van der Waals surface area contributed by atoms with Crippen LogP contribution in [0, 0.1) is 5.95 Å². The smallest absolute Gasteiger partial charge is 0.258 e. The number of carbonyl (C=O) groups excluding carboxylic acids is 1. The topological polar surface area (TPSA) is 51.2 Å². The molecule has 0 fully saturated rings. The van der Waals surface area contributed by atoms with Gasteiger partial charge in [0.15, 0.2) is 6.61 Å². The van der Waals surface area contributed by atoms with Crippen molar-refractivity contribution in [3.63, 3.8) is 0 Å². The average molecular weight is 295 g/mol. The Morgan fingerprint density at radius 1 is 1.50 bits per heavy atom. The van der Waals surface area contributed by atoms with E-state index in [0.717, 1.165) is 12.8 Å². The second-order valence-electron chi connectivity index (χ2n) is 3.54. The number of halogens is 3. The first kappa shape index (κ1) is 15.0. The van der Waals surface area contributed by atoms with Crippen molar-refractivity contribution in [3.05, 3.63) is 22.1 Å². The van der Waals surface area contributed by atoms with E-state index in [0.29, 0.717) is 6.54 Å². The van der Waals surface area contributed by atoms with E-state index in [1.165, 1.54) is 6.07 Å². The van der Waals surface area contributed by atoms with E-state index in [1.807, 2.05) is 6.92 Å². The maximum atomic E-state index is 13.0. The van der Waals surface area contributed by atoms with Gasteiger partial charge in [-0.1, -0.05) is 36.5 Å². The third-order valence-electron chi connectivity index (χ3n) is 2.05. The minimum atomic E-state index is -0.887. The SMILES string of the molecule is CCCCNC(=O)COc1nc(F)c(Cl)cc1Cl. The Kier molecular flexibility index (Phi) is 6.15. The molecule has 0 saturated heterocycles. The number of pyridine rings is 1. The summed E-state index contributed by atoms with van der Waals surface area (Å²) in [5.41, 5.74) is 0. The van der Waals surface area contributed by atoms with Gasteiger partial charge in [-0.2, -0.15) is 9.37 Å². The summed E-state index contributed by atoms with van der Waals surface area (Å²) >= 11 is 11.2. The highest BCUT2D eigenvalue weighted by Gasteiger charge is 2.11. The average Bonchev–Trinajstić information content (AvgIpc) is 2.32. The van der Waals surface area contributed by atoms with Crippen LogP contribution >= 0.6 is 23.2 Å². The van der Waals surface area contributed by atoms with E-state index >= 15 is 0 Å². The van der Waals surface area contributed by atoms with Gasteiger partial charge in [-0.15, -0.1) is 0 Å². The third-order valence-corrected chi connectivity index (χ3v) is 2.58. The lowest BCUT2D eigenvalue weighted by molar-refractivity contribution is -0.123. The van der Waals surface area contributed by atoms with Gasteiger partial charge >= 0.3 is 0 Å². The van der Waals surface area contributed by atoms with Gasteiger partial charge in [-0.25, -0.2) is 0 Å². The van der Waals surface area contributed by atoms with Crippen LogP contribution in [0.4, 0.5) is 4.39 Å². The van der Waals surface area contributed by atoms with Gasteiger partial charge in [0.05, 0.1) is 5.02 Å². The van der Waals surface area contributed by atoms with Crippen molar-refractivity contribution in [1.82, 2.24) is 10.3 Å². The Morgan fingerprint density at radius 2 is 2.22 bits per heavy atom. The molecule has 0 aliphatic rings. The number of rotatable bonds is 6. The molecular weight excluding hydrogens is 282 g/mol. The predicted molar refractivity (Wildman–Crippen MR) is 67.6 cm³/mol. The number of carbonyl (C=O) groups is 1. The highest BCUT2D eigenvalue weighted by molar-refractivity contribution is 6.35. The molecule has 0 spiro atoms. The van der Waals surface area contributed by atoms with Crippen molar-refractivity contribution < 1.29 is 13.9 Å². The largest absolute Gasteiger partial charge is 0.466 e. The summed E-state index contributed by atoms with van der Waals surface area (Å²) in [6.07, 6.45) is 1.87. The predicted octanol–water partition coefficient (Wildman–Crippen LogP) is 2.82. The molecule has 7 heteroatoms. The van der Waals surface area contributed by atoms with Gasteiger partial charge in [0, 0.05) is 6.54 Å². The molecule has 0 radical (unpaired) electrons. The summed E-state index contributed by atoms with van der Waals surface area (Å²) < 4.78 is 18.1. The molecule has 1 N–H and O–H groups in total. The highest BCUT2D eigenvalue weighted by Crippen LogP contribution is 2.26. The van der Waals surface area contributed by atoms with Crippen molar-refractivity contribution in [2.75, 3.05) is 13.2 Å². The van der Waals surface area contributed by atoms with Crippen LogP contribution < -0.4 is 10.1 Å². The molecule has 4 nitrogen and oxygen atoms in total. The van der Waals surface area contributed by atoms with Gasteiger partial charge in [-0.05, 0) is 12.5 Å². The molecule has 0 aromatic carbocycles. The molecular formula is C11H13Cl2FN2O2. The fourth-order valence-corrected chi connectivity index (χ4v) is 1.53. The zero-order valence-corrected chi connectivity index (χ0v) is 11.3. The first-order valence-electron chi connectivity index (χ1n) is 5.45. The minimum Gasteiger partial charge on any atom is -0.466 e. The summed E-state index contributed by atoms with van der Waals surface area (Å²) in [7, 11) is 0. The van der Waals surface area contributed by atoms with Crippen LogP contribution in [0.5, 0.6) is 5.88 Å². The van der Waals surface area contributed by atoms with Gasteiger partial charge in [-0.3, -0.25) is 4.79 Å². The maximum absolute atomic E-state index is 13.0. The van der Waals surface area contributed by atoms with Crippen LogP contribution in [0.3, 0.4) is 0 Å². The number of unbranched alkanes of at least 4 members (excludes halogenated alkanes) is 1. The van der Waals surface area contributed by atoms with Crippen molar-refractivity contribution in [3.8, 4) is 5.88 Å². The Balaban J connectivity index is 2.48. The Bertz CT molecular complexity index is 430. The van der Waals surface area contributed by atoms with Crippen LogP contribution in [0.1, 0.15) is 19.8 Å². The summed E-state index contributed by atoms with van der Waals surface area (Å²) in [6, 6.07) is 1.18. The Hall–Kier alpha value is -1.07. The van der Waals surface area contributed by atoms with Crippen LogP contribution in [-0.4, -0.2) is 24.0 Å². The summed E-state index contributed by atoms with van der Waals surface area (Å²) in [5.74, 6) is -1.34. The molecule has 1 heterocycles. The summed E-state index contributed by atoms with van der Waals surface area (Å²) in [6.45, 7) is 2.33. The summed E-state index contributed by atoms with van der Waals surface area (Å²) in [4.78, 5) is 14.7. The van der Waals surface area contributed by atoms with Crippen LogP contribution in [0.2, 0.25) is 10.0 Å². The third kappa shape index (κ3) is 4.66. The number of nitrogens with one attached hydrogen (secondary N) is 1. The first-order chi connectivity index (χ1) is 8.54. The van der Waals surface area contributed by atoms with Crippen molar-refractivity contribution in [2.45, 2.75) is 19.8 Å². The molecule has 1 aromatic rings. The van der Waals surface area contributed by atoms with E-state index in [1.54, 1.807) is 0 Å². The molecule has 100 valence electrons. The fourth-order valence-electron chi connectivity index (χ4n) is 1.12. The second-order valence-corrected chi connectivity index (χ2v) is 4.35. The Labute approximate surface area is 114 Å². The fraction of sp³-hybridized carbons (Fsp3) is 0.455. The van der Waals surface area contributed by atoms with Gasteiger partial charge in [0.25, 0.3) is 5.91 Å². The molecule has 1 amide bonds. The lowest BCUT2D eigenvalue weighted by atomic mass is 10.3. The van der Waals surface area contributed by atoms with Gasteiger partial charge in [0.2, 0.25) is 11.8 Å². The maximum Gasteiger partial charge on any atom is 0.258 e. The summed E-state index contributed by atoms with van der Waals surface area (Å²) in [5, 5.41) is 2.51. The van der Waals surface area contributed by atoms with Crippen molar-refractivity contribution in [1.29, 1.82) is 0 Å². The number of ether oxygens (including phenoxy) is 1. The number of hydrogen-bond donors (Lipinski definition) is 1. The number of hydrogen-bond acceptors (Lipinski definition) is 3.